The van der Waals surface area contributed by atoms with Crippen molar-refractivity contribution < 1.29 is 14.7 Å². The van der Waals surface area contributed by atoms with E-state index in [2.05, 4.69) is 5.16 Å². The number of carbonyl (C=O) groups excluding carboxylic acids is 1. The fourth-order valence-electron chi connectivity index (χ4n) is 0.784. The SMILES string of the molecule is CC(=N)/C(CN(N)C(=O)OC(C)(C)C)=N\[OH2+]. The third-order valence-electron chi connectivity index (χ3n) is 1.52. The Balaban J connectivity index is 4.42. The summed E-state index contributed by atoms with van der Waals surface area (Å²) in [6.07, 6.45) is -0.713. The van der Waals surface area contributed by atoms with Crippen molar-refractivity contribution in [3.63, 3.8) is 0 Å². The molecule has 7 heteroatoms. The van der Waals surface area contributed by atoms with Gasteiger partial charge in [0, 0.05) is 0 Å². The summed E-state index contributed by atoms with van der Waals surface area (Å²) in [4.78, 5) is 11.4. The predicted octanol–water partition coefficient (Wildman–Crippen LogP) is 0.217. The summed E-state index contributed by atoms with van der Waals surface area (Å²) in [6.45, 7) is 6.52. The van der Waals surface area contributed by atoms with Gasteiger partial charge in [0.1, 0.15) is 5.60 Å². The van der Waals surface area contributed by atoms with Gasteiger partial charge in [0.25, 0.3) is 0 Å². The van der Waals surface area contributed by atoms with Crippen molar-refractivity contribution in [1.82, 2.24) is 5.01 Å². The van der Waals surface area contributed by atoms with Crippen molar-refractivity contribution in [3.05, 3.63) is 0 Å². The first-order valence-corrected chi connectivity index (χ1v) is 4.71. The minimum absolute atomic E-state index is 0.0917. The topological polar surface area (TPSA) is 115 Å². The fraction of sp³-hybridized carbons (Fsp3) is 0.667. The van der Waals surface area contributed by atoms with Gasteiger partial charge in [0.2, 0.25) is 0 Å². The molecule has 5 N–H and O–H groups in total. The van der Waals surface area contributed by atoms with Crippen LogP contribution in [0.2, 0.25) is 0 Å². The zero-order chi connectivity index (χ0) is 12.9. The van der Waals surface area contributed by atoms with E-state index in [-0.39, 0.29) is 18.0 Å². The van der Waals surface area contributed by atoms with E-state index in [0.717, 1.165) is 5.01 Å². The van der Waals surface area contributed by atoms with E-state index in [1.165, 1.54) is 6.92 Å². The largest absolute Gasteiger partial charge is 0.469 e. The maximum absolute atomic E-state index is 11.4. The van der Waals surface area contributed by atoms with Crippen LogP contribution < -0.4 is 5.84 Å². The number of nitrogens with two attached hydrogens (primary N) is 1. The Morgan fingerprint density at radius 3 is 2.38 bits per heavy atom. The molecule has 0 aliphatic rings. The van der Waals surface area contributed by atoms with Gasteiger partial charge in [-0.2, -0.15) is 0 Å². The molecule has 0 aliphatic heterocycles. The molecule has 0 atom stereocenters. The molecule has 0 saturated heterocycles. The van der Waals surface area contributed by atoms with Gasteiger partial charge in [-0.05, 0) is 27.7 Å². The summed E-state index contributed by atoms with van der Waals surface area (Å²) in [5.74, 6) is 5.44. The second-order valence-corrected chi connectivity index (χ2v) is 4.29. The quantitative estimate of drug-likeness (QED) is 0.238. The number of hydrogen-bond acceptors (Lipinski definition) is 5. The van der Waals surface area contributed by atoms with E-state index < -0.39 is 11.7 Å². The Kier molecular flexibility index (Phi) is 4.90. The molecule has 0 heterocycles. The van der Waals surface area contributed by atoms with Crippen molar-refractivity contribution in [1.29, 1.82) is 5.41 Å². The van der Waals surface area contributed by atoms with Gasteiger partial charge >= 0.3 is 6.09 Å². The molecule has 0 rings (SSSR count). The van der Waals surface area contributed by atoms with E-state index in [1.807, 2.05) is 0 Å². The molecule has 0 fully saturated rings. The number of carbonyl (C=O) groups is 1. The van der Waals surface area contributed by atoms with Gasteiger partial charge < -0.3 is 15.4 Å². The van der Waals surface area contributed by atoms with E-state index in [9.17, 15) is 4.79 Å². The summed E-state index contributed by atoms with van der Waals surface area (Å²) in [6, 6.07) is 0. The van der Waals surface area contributed by atoms with Crippen LogP contribution in [0.25, 0.3) is 0 Å². The first-order valence-electron chi connectivity index (χ1n) is 4.71. The molecular formula is C9H19N4O3+. The summed E-state index contributed by atoms with van der Waals surface area (Å²) >= 11 is 0. The lowest BCUT2D eigenvalue weighted by molar-refractivity contribution is 0.0277. The predicted molar refractivity (Wildman–Crippen MR) is 61.6 cm³/mol. The molecule has 0 aliphatic carbocycles. The molecule has 0 bridgehead atoms. The minimum atomic E-state index is -0.713. The summed E-state index contributed by atoms with van der Waals surface area (Å²) < 4.78 is 5.00. The number of nitrogens with one attached hydrogen (secondary N) is 1. The average Bonchev–Trinajstić information content (AvgIpc) is 2.10. The third kappa shape index (κ3) is 5.30. The van der Waals surface area contributed by atoms with E-state index >= 15 is 0 Å². The molecule has 0 aromatic rings. The Morgan fingerprint density at radius 1 is 1.56 bits per heavy atom. The highest BCUT2D eigenvalue weighted by molar-refractivity contribution is 6.41. The second-order valence-electron chi connectivity index (χ2n) is 4.29. The highest BCUT2D eigenvalue weighted by Crippen LogP contribution is 2.08. The maximum Gasteiger partial charge on any atom is 0.424 e. The average molecular weight is 231 g/mol. The van der Waals surface area contributed by atoms with Gasteiger partial charge in [-0.15, -0.1) is 0 Å². The molecule has 0 aromatic heterocycles. The number of ether oxygens (including phenoxy) is 1. The lowest BCUT2D eigenvalue weighted by Crippen LogP contribution is -2.45. The molecule has 0 spiro atoms. The number of rotatable bonds is 3. The Labute approximate surface area is 94.3 Å². The molecule has 0 radical (unpaired) electrons. The van der Waals surface area contributed by atoms with Crippen molar-refractivity contribution in [2.24, 2.45) is 11.0 Å². The van der Waals surface area contributed by atoms with Crippen LogP contribution >= 0.6 is 0 Å². The first kappa shape index (κ1) is 14.4. The molecule has 92 valence electrons. The first-order chi connectivity index (χ1) is 7.17. The van der Waals surface area contributed by atoms with Crippen LogP contribution in [-0.2, 0) is 4.74 Å². The summed E-state index contributed by atoms with van der Waals surface area (Å²) in [7, 11) is 0. The Hall–Kier alpha value is -1.63. The molecular weight excluding hydrogens is 212 g/mol. The summed E-state index contributed by atoms with van der Waals surface area (Å²) in [5.41, 5.74) is -0.422. The van der Waals surface area contributed by atoms with Crippen LogP contribution in [0.3, 0.4) is 0 Å². The van der Waals surface area contributed by atoms with Gasteiger partial charge in [-0.3, -0.25) is 0 Å². The van der Waals surface area contributed by atoms with Crippen LogP contribution in [0.15, 0.2) is 5.16 Å². The Bertz CT molecular complexity index is 306. The second kappa shape index (κ2) is 5.45. The van der Waals surface area contributed by atoms with Crippen LogP contribution in [0.1, 0.15) is 27.7 Å². The number of hydrogen-bond donors (Lipinski definition) is 2. The van der Waals surface area contributed by atoms with Gasteiger partial charge in [-0.1, -0.05) is 0 Å². The highest BCUT2D eigenvalue weighted by Gasteiger charge is 2.22. The van der Waals surface area contributed by atoms with Gasteiger partial charge in [0.05, 0.1) is 17.4 Å². The van der Waals surface area contributed by atoms with Crippen molar-refractivity contribution >= 4 is 17.5 Å². The molecule has 16 heavy (non-hydrogen) atoms. The zero-order valence-electron chi connectivity index (χ0n) is 10.00. The highest BCUT2D eigenvalue weighted by atomic mass is 16.6. The zero-order valence-corrected chi connectivity index (χ0v) is 10.00. The van der Waals surface area contributed by atoms with E-state index in [1.54, 1.807) is 20.8 Å². The van der Waals surface area contributed by atoms with Crippen LogP contribution in [0.5, 0.6) is 0 Å². The standard InChI is InChI=1S/C9H18N4O3/c1-6(10)7(12-15)5-13(11)8(14)16-9(2,3)4/h10,15H,5,11H2,1-4H3/p+1/b10-6?,12-7-. The van der Waals surface area contributed by atoms with E-state index in [0.29, 0.717) is 0 Å². The van der Waals surface area contributed by atoms with E-state index in [4.69, 9.17) is 21.2 Å². The number of hydrazine groups is 1. The van der Waals surface area contributed by atoms with Crippen molar-refractivity contribution in [3.8, 4) is 0 Å². The van der Waals surface area contributed by atoms with Crippen LogP contribution in [-0.4, -0.2) is 39.9 Å². The van der Waals surface area contributed by atoms with Crippen molar-refractivity contribution in [2.45, 2.75) is 33.3 Å². The molecule has 7 nitrogen and oxygen atoms in total. The molecule has 0 unspecified atom stereocenters. The minimum Gasteiger partial charge on any atom is -0.469 e. The van der Waals surface area contributed by atoms with Crippen LogP contribution in [0.4, 0.5) is 4.79 Å². The third-order valence-corrected chi connectivity index (χ3v) is 1.52. The molecule has 0 saturated carbocycles. The van der Waals surface area contributed by atoms with Gasteiger partial charge in [-0.25, -0.2) is 15.6 Å². The monoisotopic (exact) mass is 231 g/mol. The smallest absolute Gasteiger partial charge is 0.424 e. The number of amides is 1. The lowest BCUT2D eigenvalue weighted by atomic mass is 10.2. The van der Waals surface area contributed by atoms with Crippen LogP contribution in [0, 0.1) is 5.41 Å². The fourth-order valence-corrected chi connectivity index (χ4v) is 0.784. The number of nitrogens with zero attached hydrogens (tertiary/aromatic N) is 2. The summed E-state index contributed by atoms with van der Waals surface area (Å²) in [5, 5.41) is 18.0. The normalized spacial score (nSPS) is 12.2. The lowest BCUT2D eigenvalue weighted by Gasteiger charge is -2.23. The van der Waals surface area contributed by atoms with Gasteiger partial charge in [0.15, 0.2) is 5.71 Å². The maximum atomic E-state index is 11.4. The van der Waals surface area contributed by atoms with Crippen molar-refractivity contribution in [2.75, 3.05) is 6.54 Å². The molecule has 1 amide bonds. The Morgan fingerprint density at radius 2 is 2.06 bits per heavy atom. The molecule has 0 aromatic carbocycles.